The van der Waals surface area contributed by atoms with Crippen LogP contribution in [0, 0.1) is 6.92 Å². The van der Waals surface area contributed by atoms with Crippen molar-refractivity contribution in [3.63, 3.8) is 0 Å². The van der Waals surface area contributed by atoms with Gasteiger partial charge in [0.05, 0.1) is 14.2 Å². The molecule has 0 spiro atoms. The molecule has 25 heavy (non-hydrogen) atoms. The van der Waals surface area contributed by atoms with Crippen LogP contribution in [0.5, 0.6) is 11.5 Å². The molecule has 7 heteroatoms. The van der Waals surface area contributed by atoms with Gasteiger partial charge in [0.2, 0.25) is 5.91 Å². The molecule has 0 aliphatic carbocycles. The van der Waals surface area contributed by atoms with Crippen LogP contribution in [0.15, 0.2) is 11.6 Å². The Bertz CT molecular complexity index is 723. The van der Waals surface area contributed by atoms with E-state index in [1.807, 2.05) is 19.9 Å². The summed E-state index contributed by atoms with van der Waals surface area (Å²) < 4.78 is 16.2. The van der Waals surface area contributed by atoms with Gasteiger partial charge in [-0.3, -0.25) is 10.0 Å². The zero-order valence-corrected chi connectivity index (χ0v) is 14.9. The normalized spacial score (nSPS) is 13.3. The summed E-state index contributed by atoms with van der Waals surface area (Å²) >= 11 is 0. The molecule has 0 saturated heterocycles. The summed E-state index contributed by atoms with van der Waals surface area (Å²) in [5.74, 6) is 0.321. The predicted molar refractivity (Wildman–Crippen MR) is 90.0 cm³/mol. The van der Waals surface area contributed by atoms with Gasteiger partial charge in [-0.15, -0.1) is 0 Å². The average molecular weight is 349 g/mol. The second-order valence-electron chi connectivity index (χ2n) is 5.89. The quantitative estimate of drug-likeness (QED) is 0.340. The molecule has 0 aromatic heterocycles. The van der Waals surface area contributed by atoms with Crippen LogP contribution in [0.25, 0.3) is 0 Å². The SMILES string of the molecule is COc1c(C)c2c(c(OC)c1C/C=C(\C)CCC(=O)NO)C(=O)OC2. The van der Waals surface area contributed by atoms with Crippen molar-refractivity contribution >= 4 is 11.9 Å². The van der Waals surface area contributed by atoms with Gasteiger partial charge in [-0.25, -0.2) is 10.3 Å². The number of benzene rings is 1. The van der Waals surface area contributed by atoms with Crippen molar-refractivity contribution in [3.05, 3.63) is 33.9 Å². The summed E-state index contributed by atoms with van der Waals surface area (Å²) in [6, 6.07) is 0. The summed E-state index contributed by atoms with van der Waals surface area (Å²) in [6.45, 7) is 4.01. The van der Waals surface area contributed by atoms with Gasteiger partial charge in [0.25, 0.3) is 0 Å². The number of nitrogens with one attached hydrogen (secondary N) is 1. The summed E-state index contributed by atoms with van der Waals surface area (Å²) in [7, 11) is 3.10. The first kappa shape index (κ1) is 18.8. The number of cyclic esters (lactones) is 1. The lowest BCUT2D eigenvalue weighted by Crippen LogP contribution is -2.17. The molecule has 7 nitrogen and oxygen atoms in total. The molecule has 0 radical (unpaired) electrons. The number of hydrogen-bond donors (Lipinski definition) is 2. The molecule has 0 fully saturated rings. The maximum Gasteiger partial charge on any atom is 0.342 e. The Morgan fingerprint density at radius 2 is 1.96 bits per heavy atom. The monoisotopic (exact) mass is 349 g/mol. The number of esters is 1. The lowest BCUT2D eigenvalue weighted by molar-refractivity contribution is -0.129. The van der Waals surface area contributed by atoms with Crippen LogP contribution in [-0.4, -0.2) is 31.3 Å². The van der Waals surface area contributed by atoms with E-state index in [9.17, 15) is 9.59 Å². The zero-order chi connectivity index (χ0) is 18.6. The summed E-state index contributed by atoms with van der Waals surface area (Å²) in [5, 5.41) is 8.54. The van der Waals surface area contributed by atoms with E-state index < -0.39 is 5.91 Å². The number of carbonyl (C=O) groups excluding carboxylic acids is 2. The molecule has 2 N–H and O–H groups in total. The zero-order valence-electron chi connectivity index (χ0n) is 14.9. The third-order valence-electron chi connectivity index (χ3n) is 4.36. The molecule has 1 aliphatic rings. The molecule has 2 rings (SSSR count). The molecule has 1 aliphatic heterocycles. The summed E-state index contributed by atoms with van der Waals surface area (Å²) in [5.41, 5.74) is 5.48. The lowest BCUT2D eigenvalue weighted by atomic mass is 9.94. The Morgan fingerprint density at radius 3 is 2.56 bits per heavy atom. The number of hydrogen-bond acceptors (Lipinski definition) is 6. The Morgan fingerprint density at radius 1 is 1.28 bits per heavy atom. The minimum absolute atomic E-state index is 0.197. The Labute approximate surface area is 146 Å². The minimum atomic E-state index is -0.431. The second-order valence-corrected chi connectivity index (χ2v) is 5.89. The average Bonchev–Trinajstić information content (AvgIpc) is 3.00. The van der Waals surface area contributed by atoms with E-state index in [1.54, 1.807) is 12.6 Å². The fraction of sp³-hybridized carbons (Fsp3) is 0.444. The van der Waals surface area contributed by atoms with Crippen LogP contribution in [0.1, 0.15) is 46.8 Å². The first-order valence-corrected chi connectivity index (χ1v) is 7.96. The number of methoxy groups -OCH3 is 2. The van der Waals surface area contributed by atoms with E-state index in [2.05, 4.69) is 0 Å². The predicted octanol–water partition coefficient (Wildman–Crippen LogP) is 2.46. The van der Waals surface area contributed by atoms with Gasteiger partial charge in [0.1, 0.15) is 23.7 Å². The van der Waals surface area contributed by atoms with Gasteiger partial charge >= 0.3 is 5.97 Å². The first-order chi connectivity index (χ1) is 11.9. The number of rotatable bonds is 7. The van der Waals surface area contributed by atoms with Crippen molar-refractivity contribution in [2.24, 2.45) is 0 Å². The fourth-order valence-corrected chi connectivity index (χ4v) is 2.98. The van der Waals surface area contributed by atoms with Gasteiger partial charge in [-0.05, 0) is 32.3 Å². The van der Waals surface area contributed by atoms with Crippen LogP contribution in [-0.2, 0) is 22.6 Å². The van der Waals surface area contributed by atoms with Crippen molar-refractivity contribution in [2.45, 2.75) is 39.7 Å². The molecule has 1 aromatic carbocycles. The molecule has 0 bridgehead atoms. The van der Waals surface area contributed by atoms with Crippen LogP contribution < -0.4 is 15.0 Å². The third-order valence-corrected chi connectivity index (χ3v) is 4.36. The Hall–Kier alpha value is -2.54. The maximum absolute atomic E-state index is 12.1. The Balaban J connectivity index is 2.37. The second kappa shape index (κ2) is 8.02. The van der Waals surface area contributed by atoms with Crippen LogP contribution in [0.4, 0.5) is 0 Å². The van der Waals surface area contributed by atoms with Gasteiger partial charge in [-0.2, -0.15) is 0 Å². The van der Waals surface area contributed by atoms with E-state index in [0.29, 0.717) is 29.9 Å². The molecular weight excluding hydrogens is 326 g/mol. The van der Waals surface area contributed by atoms with E-state index in [-0.39, 0.29) is 19.0 Å². The molecule has 136 valence electrons. The lowest BCUT2D eigenvalue weighted by Gasteiger charge is -2.18. The van der Waals surface area contributed by atoms with E-state index in [0.717, 1.165) is 22.3 Å². The van der Waals surface area contributed by atoms with Gasteiger partial charge in [-0.1, -0.05) is 11.6 Å². The minimum Gasteiger partial charge on any atom is -0.496 e. The van der Waals surface area contributed by atoms with Crippen molar-refractivity contribution in [1.82, 2.24) is 5.48 Å². The van der Waals surface area contributed by atoms with E-state index in [1.165, 1.54) is 7.11 Å². The molecule has 0 atom stereocenters. The summed E-state index contributed by atoms with van der Waals surface area (Å²) in [4.78, 5) is 23.2. The fourth-order valence-electron chi connectivity index (χ4n) is 2.98. The summed E-state index contributed by atoms with van der Waals surface area (Å²) in [6.07, 6.45) is 3.16. The van der Waals surface area contributed by atoms with Crippen LogP contribution in [0.2, 0.25) is 0 Å². The van der Waals surface area contributed by atoms with E-state index in [4.69, 9.17) is 19.4 Å². The first-order valence-electron chi connectivity index (χ1n) is 7.96. The molecule has 1 heterocycles. The topological polar surface area (TPSA) is 94.1 Å². The highest BCUT2D eigenvalue weighted by Crippen LogP contribution is 2.42. The standard InChI is InChI=1S/C18H23NO6/c1-10(6-8-14(20)19-22)5-7-12-16(23-3)11(2)13-9-25-18(21)15(13)17(12)24-4/h5,22H,6-9H2,1-4H3,(H,19,20)/b10-5+. The molecule has 0 saturated carbocycles. The molecular formula is C18H23NO6. The number of allylic oxidation sites excluding steroid dienone is 2. The third kappa shape index (κ3) is 3.76. The van der Waals surface area contributed by atoms with Gasteiger partial charge < -0.3 is 14.2 Å². The maximum atomic E-state index is 12.1. The highest BCUT2D eigenvalue weighted by Gasteiger charge is 2.32. The van der Waals surface area contributed by atoms with Gasteiger partial charge in [0.15, 0.2) is 0 Å². The van der Waals surface area contributed by atoms with Crippen molar-refractivity contribution in [2.75, 3.05) is 14.2 Å². The van der Waals surface area contributed by atoms with Crippen molar-refractivity contribution in [3.8, 4) is 11.5 Å². The number of fused-ring (bicyclic) bond motifs is 1. The molecule has 1 amide bonds. The Kier molecular flexibility index (Phi) is 6.03. The number of carbonyl (C=O) groups is 2. The largest absolute Gasteiger partial charge is 0.496 e. The van der Waals surface area contributed by atoms with Crippen molar-refractivity contribution < 1.29 is 29.0 Å². The highest BCUT2D eigenvalue weighted by molar-refractivity contribution is 5.98. The number of ether oxygens (including phenoxy) is 3. The van der Waals surface area contributed by atoms with Gasteiger partial charge in [0, 0.05) is 17.5 Å². The molecule has 1 aromatic rings. The smallest absolute Gasteiger partial charge is 0.342 e. The van der Waals surface area contributed by atoms with Crippen LogP contribution in [0.3, 0.4) is 0 Å². The molecule has 0 unspecified atom stereocenters. The number of amides is 1. The highest BCUT2D eigenvalue weighted by atomic mass is 16.5. The number of hydroxylamine groups is 1. The van der Waals surface area contributed by atoms with Crippen LogP contribution >= 0.6 is 0 Å². The van der Waals surface area contributed by atoms with E-state index >= 15 is 0 Å². The van der Waals surface area contributed by atoms with Crippen molar-refractivity contribution in [1.29, 1.82) is 0 Å².